The van der Waals surface area contributed by atoms with Crippen molar-refractivity contribution in [3.63, 3.8) is 0 Å². The molecule has 2 N–H and O–H groups in total. The topological polar surface area (TPSA) is 41.1 Å². The molecule has 0 aliphatic carbocycles. The van der Waals surface area contributed by atoms with Crippen LogP contribution in [0.1, 0.15) is 6.92 Å². The first-order valence-electron chi connectivity index (χ1n) is 6.14. The largest absolute Gasteiger partial charge is 0.373 e. The molecule has 0 spiro atoms. The highest BCUT2D eigenvalue weighted by molar-refractivity contribution is 6.33. The molecular formula is C15H14ClFN2O. The number of benzene rings is 2. The Labute approximate surface area is 121 Å². The van der Waals surface area contributed by atoms with Gasteiger partial charge >= 0.3 is 0 Å². The quantitative estimate of drug-likeness (QED) is 0.897. The van der Waals surface area contributed by atoms with E-state index in [4.69, 9.17) is 11.6 Å². The second-order valence-electron chi connectivity index (χ2n) is 4.35. The first-order chi connectivity index (χ1) is 9.56. The summed E-state index contributed by atoms with van der Waals surface area (Å²) in [6.45, 7) is 1.68. The minimum Gasteiger partial charge on any atom is -0.373 e. The van der Waals surface area contributed by atoms with Crippen LogP contribution >= 0.6 is 11.6 Å². The molecule has 3 nitrogen and oxygen atoms in total. The van der Waals surface area contributed by atoms with Gasteiger partial charge in [-0.25, -0.2) is 4.39 Å². The van der Waals surface area contributed by atoms with Crippen LogP contribution in [0.25, 0.3) is 0 Å². The van der Waals surface area contributed by atoms with Gasteiger partial charge in [-0.3, -0.25) is 4.79 Å². The number of para-hydroxylation sites is 1. The van der Waals surface area contributed by atoms with Gasteiger partial charge in [0.05, 0.1) is 10.7 Å². The van der Waals surface area contributed by atoms with Gasteiger partial charge in [-0.1, -0.05) is 29.8 Å². The highest BCUT2D eigenvalue weighted by atomic mass is 35.5. The minimum absolute atomic E-state index is 0.225. The molecule has 0 saturated carbocycles. The van der Waals surface area contributed by atoms with Crippen LogP contribution in [0.3, 0.4) is 0 Å². The number of anilines is 2. The Morgan fingerprint density at radius 2 is 1.90 bits per heavy atom. The number of rotatable bonds is 4. The summed E-state index contributed by atoms with van der Waals surface area (Å²) in [7, 11) is 0. The lowest BCUT2D eigenvalue weighted by molar-refractivity contribution is -0.116. The van der Waals surface area contributed by atoms with Crippen LogP contribution in [0, 0.1) is 5.82 Å². The van der Waals surface area contributed by atoms with Crippen LogP contribution in [-0.2, 0) is 4.79 Å². The maximum Gasteiger partial charge on any atom is 0.246 e. The smallest absolute Gasteiger partial charge is 0.246 e. The number of hydrogen-bond acceptors (Lipinski definition) is 2. The van der Waals surface area contributed by atoms with Gasteiger partial charge in [0.15, 0.2) is 0 Å². The van der Waals surface area contributed by atoms with Gasteiger partial charge in [0.25, 0.3) is 0 Å². The van der Waals surface area contributed by atoms with E-state index in [1.54, 1.807) is 19.1 Å². The molecule has 0 aliphatic rings. The highest BCUT2D eigenvalue weighted by Crippen LogP contribution is 2.23. The number of carbonyl (C=O) groups is 1. The monoisotopic (exact) mass is 292 g/mol. The molecule has 0 bridgehead atoms. The van der Waals surface area contributed by atoms with E-state index >= 15 is 0 Å². The molecule has 0 radical (unpaired) electrons. The zero-order chi connectivity index (χ0) is 14.5. The molecule has 2 aromatic carbocycles. The van der Waals surface area contributed by atoms with Crippen molar-refractivity contribution < 1.29 is 9.18 Å². The van der Waals surface area contributed by atoms with Crippen LogP contribution in [-0.4, -0.2) is 11.9 Å². The number of nitrogens with one attached hydrogen (secondary N) is 2. The Hall–Kier alpha value is -2.07. The maximum atomic E-state index is 13.1. The summed E-state index contributed by atoms with van der Waals surface area (Å²) in [4.78, 5) is 12.0. The predicted molar refractivity (Wildman–Crippen MR) is 79.6 cm³/mol. The second kappa shape index (κ2) is 6.39. The molecule has 1 amide bonds. The zero-order valence-electron chi connectivity index (χ0n) is 10.9. The third kappa shape index (κ3) is 3.71. The Kier molecular flexibility index (Phi) is 4.58. The average molecular weight is 293 g/mol. The summed E-state index contributed by atoms with van der Waals surface area (Å²) >= 11 is 5.94. The van der Waals surface area contributed by atoms with Crippen molar-refractivity contribution in [1.29, 1.82) is 0 Å². The molecular weight excluding hydrogens is 279 g/mol. The van der Waals surface area contributed by atoms with E-state index in [-0.39, 0.29) is 5.91 Å². The fraction of sp³-hybridized carbons (Fsp3) is 0.133. The van der Waals surface area contributed by atoms with E-state index in [0.29, 0.717) is 16.4 Å². The van der Waals surface area contributed by atoms with Gasteiger partial charge < -0.3 is 10.6 Å². The summed E-state index contributed by atoms with van der Waals surface area (Å²) in [6.07, 6.45) is 0. The lowest BCUT2D eigenvalue weighted by Gasteiger charge is -2.16. The minimum atomic E-state index is -0.547. The Bertz CT molecular complexity index is 604. The Balaban J connectivity index is 2.02. The summed E-state index contributed by atoms with van der Waals surface area (Å²) < 4.78 is 13.1. The zero-order valence-corrected chi connectivity index (χ0v) is 11.6. The predicted octanol–water partition coefficient (Wildman–Crippen LogP) is 3.92. The maximum absolute atomic E-state index is 13.1. The normalized spacial score (nSPS) is 11.8. The summed E-state index contributed by atoms with van der Waals surface area (Å²) in [5, 5.41) is 6.01. The van der Waals surface area contributed by atoms with Crippen molar-refractivity contribution in [1.82, 2.24) is 0 Å². The van der Waals surface area contributed by atoms with Crippen molar-refractivity contribution >= 4 is 28.9 Å². The highest BCUT2D eigenvalue weighted by Gasteiger charge is 2.14. The SMILES string of the molecule is CC(Nc1cc(F)ccc1Cl)C(=O)Nc1ccccc1. The number of halogens is 2. The summed E-state index contributed by atoms with van der Waals surface area (Å²) in [5.74, 6) is -0.635. The summed E-state index contributed by atoms with van der Waals surface area (Å²) in [6, 6.07) is 12.5. The van der Waals surface area contributed by atoms with Crippen LogP contribution < -0.4 is 10.6 Å². The molecule has 2 rings (SSSR count). The van der Waals surface area contributed by atoms with E-state index in [2.05, 4.69) is 10.6 Å². The molecule has 0 aliphatic heterocycles. The lowest BCUT2D eigenvalue weighted by Crippen LogP contribution is -2.32. The van der Waals surface area contributed by atoms with Crippen molar-refractivity contribution in [2.75, 3.05) is 10.6 Å². The van der Waals surface area contributed by atoms with Gasteiger partial charge in [-0.2, -0.15) is 0 Å². The fourth-order valence-corrected chi connectivity index (χ4v) is 1.85. The van der Waals surface area contributed by atoms with Crippen LogP contribution in [0.5, 0.6) is 0 Å². The van der Waals surface area contributed by atoms with E-state index in [9.17, 15) is 9.18 Å². The van der Waals surface area contributed by atoms with Gasteiger partial charge in [-0.05, 0) is 37.3 Å². The molecule has 0 aromatic heterocycles. The molecule has 0 heterocycles. The third-order valence-corrected chi connectivity index (χ3v) is 3.06. The van der Waals surface area contributed by atoms with Crippen molar-refractivity contribution in [2.45, 2.75) is 13.0 Å². The molecule has 0 fully saturated rings. The van der Waals surface area contributed by atoms with Gasteiger partial charge in [0.1, 0.15) is 11.9 Å². The molecule has 2 aromatic rings. The number of carbonyl (C=O) groups excluding carboxylic acids is 1. The summed E-state index contributed by atoms with van der Waals surface area (Å²) in [5.41, 5.74) is 1.10. The Morgan fingerprint density at radius 3 is 2.60 bits per heavy atom. The number of amides is 1. The van der Waals surface area contributed by atoms with Gasteiger partial charge in [0, 0.05) is 5.69 Å². The third-order valence-electron chi connectivity index (χ3n) is 2.74. The van der Waals surface area contributed by atoms with E-state index in [1.807, 2.05) is 18.2 Å². The van der Waals surface area contributed by atoms with Crippen LogP contribution in [0.2, 0.25) is 5.02 Å². The standard InChI is InChI=1S/C15H14ClFN2O/c1-10(15(20)19-12-5-3-2-4-6-12)18-14-9-11(17)7-8-13(14)16/h2-10,18H,1H3,(H,19,20). The van der Waals surface area contributed by atoms with Crippen molar-refractivity contribution in [2.24, 2.45) is 0 Å². The second-order valence-corrected chi connectivity index (χ2v) is 4.75. The van der Waals surface area contributed by atoms with Crippen molar-refractivity contribution in [3.05, 3.63) is 59.4 Å². The molecule has 20 heavy (non-hydrogen) atoms. The Morgan fingerprint density at radius 1 is 1.20 bits per heavy atom. The first-order valence-corrected chi connectivity index (χ1v) is 6.51. The van der Waals surface area contributed by atoms with Gasteiger partial charge in [-0.15, -0.1) is 0 Å². The molecule has 5 heteroatoms. The van der Waals surface area contributed by atoms with E-state index in [1.165, 1.54) is 18.2 Å². The van der Waals surface area contributed by atoms with Crippen molar-refractivity contribution in [3.8, 4) is 0 Å². The molecule has 104 valence electrons. The first kappa shape index (κ1) is 14.3. The fourth-order valence-electron chi connectivity index (χ4n) is 1.68. The molecule has 0 saturated heterocycles. The average Bonchev–Trinajstić information content (AvgIpc) is 2.44. The number of hydrogen-bond donors (Lipinski definition) is 2. The van der Waals surface area contributed by atoms with Crippen LogP contribution in [0.15, 0.2) is 48.5 Å². The van der Waals surface area contributed by atoms with E-state index in [0.717, 1.165) is 0 Å². The van der Waals surface area contributed by atoms with Crippen LogP contribution in [0.4, 0.5) is 15.8 Å². The lowest BCUT2D eigenvalue weighted by atomic mass is 10.2. The van der Waals surface area contributed by atoms with Gasteiger partial charge in [0.2, 0.25) is 5.91 Å². The van der Waals surface area contributed by atoms with E-state index < -0.39 is 11.9 Å². The molecule has 1 unspecified atom stereocenters. The molecule has 1 atom stereocenters.